The van der Waals surface area contributed by atoms with Gasteiger partial charge in [-0.05, 0) is 37.2 Å². The smallest absolute Gasteiger partial charge is 0.0755 e. The highest BCUT2D eigenvalue weighted by Crippen LogP contribution is 2.33. The third kappa shape index (κ3) is 1.63. The van der Waals surface area contributed by atoms with Gasteiger partial charge in [0.25, 0.3) is 0 Å². The van der Waals surface area contributed by atoms with Crippen LogP contribution >= 0.6 is 11.8 Å². The van der Waals surface area contributed by atoms with Crippen molar-refractivity contribution in [3.8, 4) is 0 Å². The van der Waals surface area contributed by atoms with Crippen molar-refractivity contribution >= 4 is 11.8 Å². The zero-order chi connectivity index (χ0) is 8.44. The topological polar surface area (TPSA) is 35.2 Å². The molecule has 3 heteroatoms. The Morgan fingerprint density at radius 1 is 1.33 bits per heavy atom. The summed E-state index contributed by atoms with van der Waals surface area (Å²) in [5.74, 6) is 2.44. The van der Waals surface area contributed by atoms with Crippen LogP contribution in [0.1, 0.15) is 25.7 Å². The number of ether oxygens (including phenoxy) is 1. The Kier molecular flexibility index (Phi) is 2.63. The molecule has 2 N–H and O–H groups in total. The van der Waals surface area contributed by atoms with Crippen LogP contribution in [0.2, 0.25) is 0 Å². The molecule has 0 spiro atoms. The van der Waals surface area contributed by atoms with Crippen molar-refractivity contribution in [2.45, 2.75) is 37.3 Å². The normalized spacial score (nSPS) is 35.2. The summed E-state index contributed by atoms with van der Waals surface area (Å²) in [6, 6.07) is 0. The minimum absolute atomic E-state index is 0.0156. The quantitative estimate of drug-likeness (QED) is 0.674. The lowest BCUT2D eigenvalue weighted by molar-refractivity contribution is 0.0418. The molecule has 0 radical (unpaired) electrons. The molecule has 2 nitrogen and oxygen atoms in total. The number of rotatable bonds is 1. The molecule has 1 unspecified atom stereocenters. The summed E-state index contributed by atoms with van der Waals surface area (Å²) < 4.78 is 5.66. The molecule has 0 aromatic rings. The first-order valence-electron chi connectivity index (χ1n) is 4.79. The van der Waals surface area contributed by atoms with E-state index in [0.717, 1.165) is 19.4 Å². The molecule has 0 aromatic heterocycles. The number of hydrogen-bond acceptors (Lipinski definition) is 3. The van der Waals surface area contributed by atoms with E-state index in [-0.39, 0.29) is 5.54 Å². The fourth-order valence-electron chi connectivity index (χ4n) is 2.10. The van der Waals surface area contributed by atoms with Crippen molar-refractivity contribution in [1.29, 1.82) is 0 Å². The monoisotopic (exact) mass is 187 g/mol. The second-order valence-electron chi connectivity index (χ2n) is 3.85. The summed E-state index contributed by atoms with van der Waals surface area (Å²) in [6.45, 7) is 0.927. The zero-order valence-electron chi connectivity index (χ0n) is 7.42. The molecule has 70 valence electrons. The zero-order valence-corrected chi connectivity index (χ0v) is 8.24. The summed E-state index contributed by atoms with van der Waals surface area (Å²) >= 11 is 2.02. The van der Waals surface area contributed by atoms with E-state index in [1.54, 1.807) is 0 Å². The SMILES string of the molecule is NC1(C2CCCO2)CCSCC1. The third-order valence-electron chi connectivity index (χ3n) is 2.99. The van der Waals surface area contributed by atoms with Gasteiger partial charge in [-0.2, -0.15) is 11.8 Å². The second-order valence-corrected chi connectivity index (χ2v) is 5.07. The van der Waals surface area contributed by atoms with Gasteiger partial charge in [-0.1, -0.05) is 0 Å². The Balaban J connectivity index is 1.97. The summed E-state index contributed by atoms with van der Waals surface area (Å²) in [7, 11) is 0. The molecule has 0 aromatic carbocycles. The van der Waals surface area contributed by atoms with E-state index in [1.165, 1.54) is 24.3 Å². The van der Waals surface area contributed by atoms with Crippen molar-refractivity contribution < 1.29 is 4.74 Å². The van der Waals surface area contributed by atoms with Crippen molar-refractivity contribution in [3.63, 3.8) is 0 Å². The fraction of sp³-hybridized carbons (Fsp3) is 1.00. The first-order chi connectivity index (χ1) is 5.81. The average molecular weight is 187 g/mol. The summed E-state index contributed by atoms with van der Waals surface area (Å²) in [6.07, 6.45) is 5.03. The van der Waals surface area contributed by atoms with Crippen LogP contribution in [0.15, 0.2) is 0 Å². The molecule has 12 heavy (non-hydrogen) atoms. The van der Waals surface area contributed by atoms with Gasteiger partial charge in [0.2, 0.25) is 0 Å². The fourth-order valence-corrected chi connectivity index (χ4v) is 3.36. The van der Waals surface area contributed by atoms with Crippen LogP contribution in [-0.2, 0) is 4.74 Å². The molecular formula is C9H17NOS. The molecule has 2 saturated heterocycles. The Labute approximate surface area is 78.2 Å². The number of hydrogen-bond donors (Lipinski definition) is 1. The van der Waals surface area contributed by atoms with Crippen molar-refractivity contribution in [2.24, 2.45) is 5.73 Å². The van der Waals surface area contributed by atoms with Crippen LogP contribution in [0, 0.1) is 0 Å². The molecule has 0 bridgehead atoms. The molecule has 0 saturated carbocycles. The molecular weight excluding hydrogens is 170 g/mol. The van der Waals surface area contributed by atoms with Crippen LogP contribution < -0.4 is 5.73 Å². The standard InChI is InChI=1S/C9H17NOS/c10-9(3-6-12-7-4-9)8-2-1-5-11-8/h8H,1-7,10H2. The van der Waals surface area contributed by atoms with Crippen LogP contribution in [0.25, 0.3) is 0 Å². The summed E-state index contributed by atoms with van der Waals surface area (Å²) in [4.78, 5) is 0. The maximum Gasteiger partial charge on any atom is 0.0755 e. The van der Waals surface area contributed by atoms with Gasteiger partial charge in [-0.3, -0.25) is 0 Å². The molecule has 1 atom stereocenters. The van der Waals surface area contributed by atoms with Gasteiger partial charge in [-0.15, -0.1) is 0 Å². The predicted molar refractivity (Wildman–Crippen MR) is 52.5 cm³/mol. The van der Waals surface area contributed by atoms with Gasteiger partial charge < -0.3 is 10.5 Å². The van der Waals surface area contributed by atoms with E-state index in [4.69, 9.17) is 10.5 Å². The molecule has 0 amide bonds. The minimum Gasteiger partial charge on any atom is -0.376 e. The Hall–Kier alpha value is 0.270. The number of thioether (sulfide) groups is 1. The second kappa shape index (κ2) is 3.56. The van der Waals surface area contributed by atoms with Crippen LogP contribution in [0.5, 0.6) is 0 Å². The van der Waals surface area contributed by atoms with E-state index in [1.807, 2.05) is 11.8 Å². The summed E-state index contributed by atoms with van der Waals surface area (Å²) in [5.41, 5.74) is 6.34. The lowest BCUT2D eigenvalue weighted by Crippen LogP contribution is -2.52. The van der Waals surface area contributed by atoms with Crippen molar-refractivity contribution in [1.82, 2.24) is 0 Å². The molecule has 2 fully saturated rings. The molecule has 2 heterocycles. The van der Waals surface area contributed by atoms with Gasteiger partial charge >= 0.3 is 0 Å². The van der Waals surface area contributed by atoms with Crippen LogP contribution in [0.3, 0.4) is 0 Å². The minimum atomic E-state index is 0.0156. The molecule has 2 rings (SSSR count). The summed E-state index contributed by atoms with van der Waals surface area (Å²) in [5, 5.41) is 0. The van der Waals surface area contributed by atoms with E-state index >= 15 is 0 Å². The van der Waals surface area contributed by atoms with E-state index in [0.29, 0.717) is 6.10 Å². The van der Waals surface area contributed by atoms with Gasteiger partial charge in [0.15, 0.2) is 0 Å². The van der Waals surface area contributed by atoms with Crippen molar-refractivity contribution in [3.05, 3.63) is 0 Å². The number of nitrogens with two attached hydrogens (primary N) is 1. The molecule has 0 aliphatic carbocycles. The molecule has 2 aliphatic heterocycles. The van der Waals surface area contributed by atoms with E-state index in [2.05, 4.69) is 0 Å². The lowest BCUT2D eigenvalue weighted by atomic mass is 9.86. The third-order valence-corrected chi connectivity index (χ3v) is 3.98. The highest BCUT2D eigenvalue weighted by atomic mass is 32.2. The van der Waals surface area contributed by atoms with Crippen LogP contribution in [0.4, 0.5) is 0 Å². The maximum atomic E-state index is 6.33. The van der Waals surface area contributed by atoms with E-state index < -0.39 is 0 Å². The van der Waals surface area contributed by atoms with Gasteiger partial charge in [0.05, 0.1) is 6.10 Å². The molecule has 2 aliphatic rings. The highest BCUT2D eigenvalue weighted by molar-refractivity contribution is 7.99. The Bertz CT molecular complexity index is 151. The van der Waals surface area contributed by atoms with Crippen LogP contribution in [-0.4, -0.2) is 29.8 Å². The van der Waals surface area contributed by atoms with Crippen molar-refractivity contribution in [2.75, 3.05) is 18.1 Å². The maximum absolute atomic E-state index is 6.33. The highest BCUT2D eigenvalue weighted by Gasteiger charge is 2.38. The largest absolute Gasteiger partial charge is 0.376 e. The van der Waals surface area contributed by atoms with Gasteiger partial charge in [0.1, 0.15) is 0 Å². The Morgan fingerprint density at radius 2 is 2.08 bits per heavy atom. The lowest BCUT2D eigenvalue weighted by Gasteiger charge is -2.37. The average Bonchev–Trinajstić information content (AvgIpc) is 2.58. The van der Waals surface area contributed by atoms with E-state index in [9.17, 15) is 0 Å². The predicted octanol–water partition coefficient (Wildman–Crippen LogP) is 1.39. The van der Waals surface area contributed by atoms with Gasteiger partial charge in [0, 0.05) is 12.1 Å². The van der Waals surface area contributed by atoms with Gasteiger partial charge in [-0.25, -0.2) is 0 Å². The first-order valence-corrected chi connectivity index (χ1v) is 5.95. The first kappa shape index (κ1) is 8.85. The Morgan fingerprint density at radius 3 is 2.67 bits per heavy atom.